The molecule has 2 aromatic rings. The zero-order valence-corrected chi connectivity index (χ0v) is 15.7. The maximum Gasteiger partial charge on any atom is 0.271 e. The minimum absolute atomic E-state index is 0.0304. The van der Waals surface area contributed by atoms with Gasteiger partial charge >= 0.3 is 0 Å². The lowest BCUT2D eigenvalue weighted by atomic mass is 10.1. The first kappa shape index (κ1) is 20.0. The molecule has 2 rings (SSSR count). The summed E-state index contributed by atoms with van der Waals surface area (Å²) in [5.41, 5.74) is 7.25. The van der Waals surface area contributed by atoms with Gasteiger partial charge in [-0.15, -0.1) is 0 Å². The van der Waals surface area contributed by atoms with Gasteiger partial charge in [0.2, 0.25) is 10.0 Å². The van der Waals surface area contributed by atoms with Gasteiger partial charge in [-0.3, -0.25) is 10.1 Å². The molecule has 0 heterocycles. The van der Waals surface area contributed by atoms with Crippen LogP contribution >= 0.6 is 0 Å². The Hall–Kier alpha value is -2.29. The molecule has 0 aliphatic heterocycles. The highest BCUT2D eigenvalue weighted by Gasteiger charge is 2.28. The van der Waals surface area contributed by atoms with Gasteiger partial charge in [-0.05, 0) is 43.5 Å². The Morgan fingerprint density at radius 1 is 1.15 bits per heavy atom. The number of hydrogen-bond donors (Lipinski definition) is 1. The van der Waals surface area contributed by atoms with Crippen LogP contribution < -0.4 is 5.73 Å². The number of non-ortho nitro benzene ring substituents is 1. The molecular weight excluding hydrogens is 354 g/mol. The fourth-order valence-electron chi connectivity index (χ4n) is 2.66. The van der Waals surface area contributed by atoms with E-state index in [9.17, 15) is 18.5 Å². The van der Waals surface area contributed by atoms with Crippen LogP contribution in [0.2, 0.25) is 0 Å². The highest BCUT2D eigenvalue weighted by molar-refractivity contribution is 7.89. The van der Waals surface area contributed by atoms with Crippen LogP contribution in [0.25, 0.3) is 0 Å². The number of nitrogens with zero attached hydrogens (tertiary/aromatic N) is 2. The smallest absolute Gasteiger partial charge is 0.271 e. The minimum atomic E-state index is -3.91. The molecule has 0 spiro atoms. The summed E-state index contributed by atoms with van der Waals surface area (Å²) in [6, 6.07) is 11.7. The van der Waals surface area contributed by atoms with Crippen molar-refractivity contribution in [1.82, 2.24) is 4.31 Å². The first-order valence-electron chi connectivity index (χ1n) is 8.27. The third-order valence-corrected chi connectivity index (χ3v) is 6.22. The number of nitrogens with two attached hydrogens (primary N) is 1. The van der Waals surface area contributed by atoms with Crippen molar-refractivity contribution in [3.05, 3.63) is 69.3 Å². The quantitative estimate of drug-likeness (QED) is 0.562. The molecule has 0 bridgehead atoms. The molecule has 0 unspecified atom stereocenters. The summed E-state index contributed by atoms with van der Waals surface area (Å²) in [5, 5.41) is 11.2. The summed E-state index contributed by atoms with van der Waals surface area (Å²) in [5.74, 6) is 0. The summed E-state index contributed by atoms with van der Waals surface area (Å²) < 4.78 is 27.8. The number of sulfonamides is 1. The van der Waals surface area contributed by atoms with Crippen LogP contribution in [0.1, 0.15) is 23.1 Å². The van der Waals surface area contributed by atoms with Crippen molar-refractivity contribution >= 4 is 15.7 Å². The van der Waals surface area contributed by atoms with Crippen molar-refractivity contribution < 1.29 is 13.3 Å². The van der Waals surface area contributed by atoms with Gasteiger partial charge in [0.05, 0.1) is 9.82 Å². The van der Waals surface area contributed by atoms with Gasteiger partial charge in [-0.1, -0.05) is 30.3 Å². The third-order valence-electron chi connectivity index (χ3n) is 4.25. The van der Waals surface area contributed by atoms with Gasteiger partial charge in [0, 0.05) is 25.2 Å². The highest BCUT2D eigenvalue weighted by atomic mass is 32.2. The van der Waals surface area contributed by atoms with Crippen molar-refractivity contribution in [2.24, 2.45) is 5.73 Å². The summed E-state index contributed by atoms with van der Waals surface area (Å²) >= 11 is 0. The molecule has 0 saturated carbocycles. The number of benzene rings is 2. The normalized spacial score (nSPS) is 11.7. The Bertz CT molecular complexity index is 883. The molecule has 0 radical (unpaired) electrons. The molecule has 0 aliphatic rings. The number of rotatable bonds is 8. The van der Waals surface area contributed by atoms with E-state index in [1.165, 1.54) is 10.4 Å². The molecular formula is C18H23N3O4S. The molecule has 0 aromatic heterocycles. The van der Waals surface area contributed by atoms with E-state index in [-0.39, 0.29) is 23.7 Å². The van der Waals surface area contributed by atoms with Crippen molar-refractivity contribution in [1.29, 1.82) is 0 Å². The van der Waals surface area contributed by atoms with E-state index in [0.29, 0.717) is 24.1 Å². The van der Waals surface area contributed by atoms with E-state index < -0.39 is 14.9 Å². The van der Waals surface area contributed by atoms with E-state index >= 15 is 0 Å². The standard InChI is InChI=1S/C18H23N3O4S/c1-14-11-17(21(22)23)12-18(15(14)2)26(24,25)20(10-6-9-19)13-16-7-4-3-5-8-16/h3-5,7-8,11-12H,6,9-10,13,19H2,1-2H3. The van der Waals surface area contributed by atoms with Crippen LogP contribution in [0.15, 0.2) is 47.4 Å². The Labute approximate surface area is 153 Å². The second-order valence-corrected chi connectivity index (χ2v) is 8.02. The highest BCUT2D eigenvalue weighted by Crippen LogP contribution is 2.28. The fourth-order valence-corrected chi connectivity index (χ4v) is 4.44. The minimum Gasteiger partial charge on any atom is -0.330 e. The number of hydrogen-bond acceptors (Lipinski definition) is 5. The Morgan fingerprint density at radius 2 is 1.81 bits per heavy atom. The molecule has 0 amide bonds. The van der Waals surface area contributed by atoms with Crippen molar-refractivity contribution in [3.63, 3.8) is 0 Å². The average Bonchev–Trinajstić information content (AvgIpc) is 2.61. The Balaban J connectivity index is 2.50. The van der Waals surface area contributed by atoms with Gasteiger partial charge < -0.3 is 5.73 Å². The molecule has 140 valence electrons. The maximum atomic E-state index is 13.3. The van der Waals surface area contributed by atoms with Crippen LogP contribution in [-0.4, -0.2) is 30.7 Å². The van der Waals surface area contributed by atoms with Gasteiger partial charge in [0.15, 0.2) is 0 Å². The van der Waals surface area contributed by atoms with E-state index in [1.807, 2.05) is 30.3 Å². The van der Waals surface area contributed by atoms with E-state index in [0.717, 1.165) is 11.6 Å². The second kappa shape index (κ2) is 8.39. The number of aryl methyl sites for hydroxylation is 1. The van der Waals surface area contributed by atoms with Crippen LogP contribution in [0.5, 0.6) is 0 Å². The first-order chi connectivity index (χ1) is 12.3. The SMILES string of the molecule is Cc1cc([N+](=O)[O-])cc(S(=O)(=O)N(CCCN)Cc2ccccc2)c1C. The monoisotopic (exact) mass is 377 g/mol. The third kappa shape index (κ3) is 4.46. The largest absolute Gasteiger partial charge is 0.330 e. The molecule has 8 heteroatoms. The summed E-state index contributed by atoms with van der Waals surface area (Å²) in [6.45, 7) is 4.12. The molecule has 26 heavy (non-hydrogen) atoms. The fraction of sp³-hybridized carbons (Fsp3) is 0.333. The molecule has 0 fully saturated rings. The predicted molar refractivity (Wildman–Crippen MR) is 100 cm³/mol. The summed E-state index contributed by atoms with van der Waals surface area (Å²) in [6.07, 6.45) is 0.499. The van der Waals surface area contributed by atoms with Crippen LogP contribution in [0, 0.1) is 24.0 Å². The van der Waals surface area contributed by atoms with Crippen LogP contribution in [0.4, 0.5) is 5.69 Å². The topological polar surface area (TPSA) is 107 Å². The summed E-state index contributed by atoms with van der Waals surface area (Å²) in [7, 11) is -3.91. The molecule has 0 aliphatic carbocycles. The zero-order chi connectivity index (χ0) is 19.3. The summed E-state index contributed by atoms with van der Waals surface area (Å²) in [4.78, 5) is 10.6. The lowest BCUT2D eigenvalue weighted by Crippen LogP contribution is -2.33. The van der Waals surface area contributed by atoms with E-state index in [4.69, 9.17) is 5.73 Å². The second-order valence-electron chi connectivity index (χ2n) is 6.11. The van der Waals surface area contributed by atoms with Gasteiger partial charge in [0.1, 0.15) is 0 Å². The van der Waals surface area contributed by atoms with Gasteiger partial charge in [0.25, 0.3) is 5.69 Å². The van der Waals surface area contributed by atoms with Gasteiger partial charge in [-0.2, -0.15) is 4.31 Å². The lowest BCUT2D eigenvalue weighted by Gasteiger charge is -2.23. The van der Waals surface area contributed by atoms with Crippen molar-refractivity contribution in [3.8, 4) is 0 Å². The lowest BCUT2D eigenvalue weighted by molar-refractivity contribution is -0.385. The first-order valence-corrected chi connectivity index (χ1v) is 9.71. The van der Waals surface area contributed by atoms with Crippen molar-refractivity contribution in [2.45, 2.75) is 31.7 Å². The average molecular weight is 377 g/mol. The number of nitro benzene ring substituents is 1. The van der Waals surface area contributed by atoms with E-state index in [1.54, 1.807) is 13.8 Å². The predicted octanol–water partition coefficient (Wildman–Crippen LogP) is 2.75. The molecule has 2 N–H and O–H groups in total. The molecule has 0 atom stereocenters. The Morgan fingerprint density at radius 3 is 2.38 bits per heavy atom. The molecule has 2 aromatic carbocycles. The van der Waals surface area contributed by atoms with Crippen LogP contribution in [-0.2, 0) is 16.6 Å². The van der Waals surface area contributed by atoms with Gasteiger partial charge in [-0.25, -0.2) is 8.42 Å². The van der Waals surface area contributed by atoms with Crippen molar-refractivity contribution in [2.75, 3.05) is 13.1 Å². The van der Waals surface area contributed by atoms with Crippen LogP contribution in [0.3, 0.4) is 0 Å². The molecule has 0 saturated heterocycles. The van der Waals surface area contributed by atoms with E-state index in [2.05, 4.69) is 0 Å². The number of nitro groups is 1. The molecule has 7 nitrogen and oxygen atoms in total. The Kier molecular flexibility index (Phi) is 6.47. The zero-order valence-electron chi connectivity index (χ0n) is 14.9. The maximum absolute atomic E-state index is 13.3.